The Hall–Kier alpha value is -1.99. The molecule has 0 saturated carbocycles. The molecule has 0 aliphatic carbocycles. The van der Waals surface area contributed by atoms with Gasteiger partial charge in [0.05, 0.1) is 7.11 Å². The summed E-state index contributed by atoms with van der Waals surface area (Å²) in [6, 6.07) is 12.3. The van der Waals surface area contributed by atoms with E-state index in [2.05, 4.69) is 31.9 Å². The van der Waals surface area contributed by atoms with Crippen LogP contribution in [0.2, 0.25) is 0 Å². The molecular formula is C22H20Br2O5. The fourth-order valence-corrected chi connectivity index (χ4v) is 4.47. The molecule has 0 radical (unpaired) electrons. The van der Waals surface area contributed by atoms with Gasteiger partial charge in [-0.05, 0) is 36.2 Å². The summed E-state index contributed by atoms with van der Waals surface area (Å²) < 4.78 is 11.9. The van der Waals surface area contributed by atoms with Crippen LogP contribution in [0.15, 0.2) is 51.4 Å². The minimum Gasteiger partial charge on any atom is -0.468 e. The lowest BCUT2D eigenvalue weighted by Gasteiger charge is -2.37. The Bertz CT molecular complexity index is 952. The molecule has 0 unspecified atom stereocenters. The van der Waals surface area contributed by atoms with Crippen LogP contribution in [0.3, 0.4) is 0 Å². The number of carbonyl (C=O) groups is 3. The molecule has 3 rings (SSSR count). The summed E-state index contributed by atoms with van der Waals surface area (Å²) in [5, 5.41) is 0. The number of halogens is 2. The van der Waals surface area contributed by atoms with Gasteiger partial charge in [-0.2, -0.15) is 0 Å². The number of esters is 2. The molecule has 0 saturated heterocycles. The highest BCUT2D eigenvalue weighted by atomic mass is 79.9. The molecule has 5 nitrogen and oxygen atoms in total. The van der Waals surface area contributed by atoms with Crippen LogP contribution in [-0.2, 0) is 14.3 Å². The van der Waals surface area contributed by atoms with E-state index in [1.54, 1.807) is 42.5 Å². The van der Waals surface area contributed by atoms with Crippen molar-refractivity contribution in [3.05, 3.63) is 62.5 Å². The fourth-order valence-electron chi connectivity index (χ4n) is 3.83. The second-order valence-electron chi connectivity index (χ2n) is 7.27. The van der Waals surface area contributed by atoms with E-state index in [0.717, 1.165) is 8.95 Å². The summed E-state index contributed by atoms with van der Waals surface area (Å²) in [4.78, 5) is 38.8. The van der Waals surface area contributed by atoms with Gasteiger partial charge in [0.15, 0.2) is 11.7 Å². The Labute approximate surface area is 186 Å². The topological polar surface area (TPSA) is 69.7 Å². The molecule has 0 fully saturated rings. The van der Waals surface area contributed by atoms with Crippen molar-refractivity contribution in [2.75, 3.05) is 7.11 Å². The molecule has 3 atom stereocenters. The van der Waals surface area contributed by atoms with Gasteiger partial charge >= 0.3 is 11.9 Å². The third-order valence-corrected chi connectivity index (χ3v) is 6.17. The molecule has 1 aliphatic rings. The molecule has 0 spiro atoms. The Balaban J connectivity index is 2.18. The quantitative estimate of drug-likeness (QED) is 0.234. The molecule has 7 heteroatoms. The van der Waals surface area contributed by atoms with Crippen LogP contribution in [0.4, 0.5) is 0 Å². The number of hydrogen-bond acceptors (Lipinski definition) is 5. The maximum absolute atomic E-state index is 13.5. The molecule has 29 heavy (non-hydrogen) atoms. The number of methoxy groups -OCH3 is 1. The molecule has 0 amide bonds. The predicted octanol–water partition coefficient (Wildman–Crippen LogP) is 5.16. The predicted molar refractivity (Wildman–Crippen MR) is 115 cm³/mol. The van der Waals surface area contributed by atoms with Crippen LogP contribution < -0.4 is 4.74 Å². The Morgan fingerprint density at radius 2 is 1.66 bits per heavy atom. The average molecular weight is 524 g/mol. The van der Waals surface area contributed by atoms with Crippen molar-refractivity contribution < 1.29 is 23.9 Å². The normalized spacial score (nSPS) is 19.3. The maximum atomic E-state index is 13.5. The Kier molecular flexibility index (Phi) is 6.58. The first-order chi connectivity index (χ1) is 13.7. The number of rotatable bonds is 5. The van der Waals surface area contributed by atoms with Crippen LogP contribution in [-0.4, -0.2) is 24.8 Å². The molecule has 2 aromatic carbocycles. The van der Waals surface area contributed by atoms with Crippen molar-refractivity contribution in [1.29, 1.82) is 0 Å². The first-order valence-electron chi connectivity index (χ1n) is 9.13. The van der Waals surface area contributed by atoms with E-state index in [4.69, 9.17) is 9.47 Å². The zero-order valence-electron chi connectivity index (χ0n) is 16.1. The SMILES string of the molecule is COC(=O)[C@H]1C(=O)Oc2ccc(Br)cc2[C@@H]1[C@@H](C(=O)c1ccc(Br)cc1)C(C)C. The largest absolute Gasteiger partial charge is 0.468 e. The molecule has 0 N–H and O–H groups in total. The first-order valence-corrected chi connectivity index (χ1v) is 10.7. The monoisotopic (exact) mass is 522 g/mol. The van der Waals surface area contributed by atoms with Gasteiger partial charge in [0.2, 0.25) is 0 Å². The van der Waals surface area contributed by atoms with E-state index in [1.807, 2.05) is 13.8 Å². The van der Waals surface area contributed by atoms with Gasteiger partial charge in [0, 0.05) is 31.9 Å². The van der Waals surface area contributed by atoms with E-state index in [0.29, 0.717) is 16.9 Å². The Morgan fingerprint density at radius 3 is 2.24 bits per heavy atom. The minimum atomic E-state index is -1.21. The smallest absolute Gasteiger partial charge is 0.326 e. The summed E-state index contributed by atoms with van der Waals surface area (Å²) in [5.74, 6) is -3.86. The highest BCUT2D eigenvalue weighted by molar-refractivity contribution is 9.10. The molecule has 0 aromatic heterocycles. The molecule has 1 aliphatic heterocycles. The van der Waals surface area contributed by atoms with E-state index in [-0.39, 0.29) is 11.7 Å². The highest BCUT2D eigenvalue weighted by Crippen LogP contribution is 2.47. The average Bonchev–Trinajstić information content (AvgIpc) is 2.68. The van der Waals surface area contributed by atoms with Gasteiger partial charge in [-0.25, -0.2) is 0 Å². The van der Waals surface area contributed by atoms with Gasteiger partial charge in [0.1, 0.15) is 5.75 Å². The fraction of sp³-hybridized carbons (Fsp3) is 0.318. The summed E-state index contributed by atoms with van der Waals surface area (Å²) in [5.41, 5.74) is 1.16. The number of carbonyl (C=O) groups excluding carboxylic acids is 3. The molecular weight excluding hydrogens is 504 g/mol. The summed E-state index contributed by atoms with van der Waals surface area (Å²) in [6.07, 6.45) is 0. The Morgan fingerprint density at radius 1 is 1.03 bits per heavy atom. The lowest BCUT2D eigenvalue weighted by molar-refractivity contribution is -0.158. The van der Waals surface area contributed by atoms with Gasteiger partial charge in [-0.15, -0.1) is 0 Å². The van der Waals surface area contributed by atoms with Crippen LogP contribution >= 0.6 is 31.9 Å². The minimum absolute atomic E-state index is 0.132. The molecule has 0 bridgehead atoms. The number of ketones is 1. The van der Waals surface area contributed by atoms with Crippen LogP contribution in [0.1, 0.15) is 35.7 Å². The van der Waals surface area contributed by atoms with Gasteiger partial charge in [-0.3, -0.25) is 14.4 Å². The van der Waals surface area contributed by atoms with Crippen molar-refractivity contribution >= 4 is 49.6 Å². The van der Waals surface area contributed by atoms with Gasteiger partial charge < -0.3 is 9.47 Å². The van der Waals surface area contributed by atoms with Crippen LogP contribution in [0.25, 0.3) is 0 Å². The van der Waals surface area contributed by atoms with Crippen LogP contribution in [0.5, 0.6) is 5.75 Å². The van der Waals surface area contributed by atoms with Crippen molar-refractivity contribution in [1.82, 2.24) is 0 Å². The molecule has 1 heterocycles. The van der Waals surface area contributed by atoms with E-state index < -0.39 is 29.7 Å². The second kappa shape index (κ2) is 8.79. The zero-order chi connectivity index (χ0) is 21.3. The van der Waals surface area contributed by atoms with Crippen LogP contribution in [0, 0.1) is 17.8 Å². The van der Waals surface area contributed by atoms with Crippen molar-refractivity contribution in [3.8, 4) is 5.75 Å². The summed E-state index contributed by atoms with van der Waals surface area (Å²) in [6.45, 7) is 3.82. The number of hydrogen-bond donors (Lipinski definition) is 0. The molecule has 152 valence electrons. The molecule has 2 aromatic rings. The number of fused-ring (bicyclic) bond motifs is 1. The number of Topliss-reactive ketones (excluding diaryl/α,β-unsaturated/α-hetero) is 1. The van der Waals surface area contributed by atoms with Crippen molar-refractivity contribution in [2.24, 2.45) is 17.8 Å². The van der Waals surface area contributed by atoms with Crippen molar-refractivity contribution in [2.45, 2.75) is 19.8 Å². The lowest BCUT2D eigenvalue weighted by atomic mass is 9.68. The van der Waals surface area contributed by atoms with E-state index >= 15 is 0 Å². The zero-order valence-corrected chi connectivity index (χ0v) is 19.3. The van der Waals surface area contributed by atoms with E-state index in [9.17, 15) is 14.4 Å². The van der Waals surface area contributed by atoms with Crippen molar-refractivity contribution in [3.63, 3.8) is 0 Å². The lowest BCUT2D eigenvalue weighted by Crippen LogP contribution is -2.44. The maximum Gasteiger partial charge on any atom is 0.326 e. The number of ether oxygens (including phenoxy) is 2. The first kappa shape index (κ1) is 21.7. The van der Waals surface area contributed by atoms with Gasteiger partial charge in [-0.1, -0.05) is 57.8 Å². The third-order valence-electron chi connectivity index (χ3n) is 5.15. The standard InChI is InChI=1S/C22H20Br2O5/c1-11(2)17(20(25)12-4-6-13(23)7-5-12)18-15-10-14(24)8-9-16(15)29-22(27)19(18)21(26)28-3/h4-11,17-19H,1-3H3/t17-,18+,19-/m0/s1. The number of benzene rings is 2. The summed E-state index contributed by atoms with van der Waals surface area (Å²) in [7, 11) is 1.23. The third kappa shape index (κ3) is 4.31. The highest BCUT2D eigenvalue weighted by Gasteiger charge is 2.49. The second-order valence-corrected chi connectivity index (χ2v) is 9.10. The van der Waals surface area contributed by atoms with Gasteiger partial charge in [0.25, 0.3) is 0 Å². The summed E-state index contributed by atoms with van der Waals surface area (Å²) >= 11 is 6.81. The van der Waals surface area contributed by atoms with E-state index in [1.165, 1.54) is 7.11 Å².